The molecule has 33 heavy (non-hydrogen) atoms. The van der Waals surface area contributed by atoms with Gasteiger partial charge in [0.2, 0.25) is 5.95 Å². The van der Waals surface area contributed by atoms with Crippen molar-refractivity contribution in [2.75, 3.05) is 18.0 Å². The van der Waals surface area contributed by atoms with Crippen LogP contribution in [-0.4, -0.2) is 48.8 Å². The number of hydrogen-bond donors (Lipinski definition) is 0. The highest BCUT2D eigenvalue weighted by Gasteiger charge is 2.54. The first kappa shape index (κ1) is 20.5. The molecular formula is C23H22ClFN8. The van der Waals surface area contributed by atoms with Crippen LogP contribution < -0.4 is 4.90 Å². The summed E-state index contributed by atoms with van der Waals surface area (Å²) in [7, 11) is 0. The van der Waals surface area contributed by atoms with Gasteiger partial charge in [0.25, 0.3) is 0 Å². The zero-order valence-electron chi connectivity index (χ0n) is 18.1. The number of anilines is 1. The van der Waals surface area contributed by atoms with Crippen molar-refractivity contribution in [3.63, 3.8) is 0 Å². The first-order valence-electron chi connectivity index (χ1n) is 11.0. The Morgan fingerprint density at radius 1 is 1.18 bits per heavy atom. The molecule has 3 aliphatic rings. The van der Waals surface area contributed by atoms with Crippen LogP contribution in [0.25, 0.3) is 5.69 Å². The summed E-state index contributed by atoms with van der Waals surface area (Å²) in [4.78, 5) is 12.4. The lowest BCUT2D eigenvalue weighted by atomic mass is 9.57. The molecule has 10 heteroatoms. The van der Waals surface area contributed by atoms with E-state index in [0.29, 0.717) is 30.0 Å². The second kappa shape index (κ2) is 7.47. The molecule has 2 aliphatic heterocycles. The molecule has 1 aliphatic carbocycles. The van der Waals surface area contributed by atoms with Gasteiger partial charge in [-0.1, -0.05) is 11.6 Å². The number of hydrogen-bond acceptors (Lipinski definition) is 7. The van der Waals surface area contributed by atoms with Gasteiger partial charge in [-0.3, -0.25) is 9.47 Å². The van der Waals surface area contributed by atoms with Gasteiger partial charge in [0.05, 0.1) is 36.7 Å². The van der Waals surface area contributed by atoms with Crippen LogP contribution >= 0.6 is 11.6 Å². The van der Waals surface area contributed by atoms with Gasteiger partial charge in [0.1, 0.15) is 5.82 Å². The van der Waals surface area contributed by atoms with Crippen molar-refractivity contribution in [2.24, 2.45) is 5.41 Å². The average molecular weight is 465 g/mol. The number of nitrogens with zero attached hydrogens (tertiary/aromatic N) is 8. The quantitative estimate of drug-likeness (QED) is 0.586. The van der Waals surface area contributed by atoms with Crippen LogP contribution in [0, 0.1) is 22.6 Å². The smallest absolute Gasteiger partial charge is 0.225 e. The van der Waals surface area contributed by atoms with E-state index in [2.05, 4.69) is 40.6 Å². The van der Waals surface area contributed by atoms with Crippen molar-refractivity contribution < 1.29 is 4.39 Å². The molecule has 1 aromatic carbocycles. The lowest BCUT2D eigenvalue weighted by Gasteiger charge is -2.58. The van der Waals surface area contributed by atoms with E-state index in [1.807, 2.05) is 25.1 Å². The number of halogens is 2. The molecule has 6 rings (SSSR count). The predicted molar refractivity (Wildman–Crippen MR) is 119 cm³/mol. The minimum Gasteiger partial charge on any atom is -0.340 e. The van der Waals surface area contributed by atoms with E-state index in [1.54, 1.807) is 0 Å². The Hall–Kier alpha value is -3.09. The molecule has 8 nitrogen and oxygen atoms in total. The van der Waals surface area contributed by atoms with E-state index >= 15 is 0 Å². The Balaban J connectivity index is 1.25. The molecule has 168 valence electrons. The minimum atomic E-state index is -0.422. The molecule has 1 unspecified atom stereocenters. The predicted octanol–water partition coefficient (Wildman–Crippen LogP) is 3.46. The van der Waals surface area contributed by atoms with Crippen LogP contribution in [0.5, 0.6) is 0 Å². The lowest BCUT2D eigenvalue weighted by molar-refractivity contribution is 0.0574. The Kier molecular flexibility index (Phi) is 4.64. The molecule has 0 bridgehead atoms. The molecule has 1 saturated heterocycles. The van der Waals surface area contributed by atoms with Crippen molar-refractivity contribution in [2.45, 2.75) is 44.8 Å². The van der Waals surface area contributed by atoms with Gasteiger partial charge in [-0.05, 0) is 43.5 Å². The van der Waals surface area contributed by atoms with Crippen LogP contribution in [0.3, 0.4) is 0 Å². The summed E-state index contributed by atoms with van der Waals surface area (Å²) in [5, 5.41) is 19.3. The van der Waals surface area contributed by atoms with Gasteiger partial charge >= 0.3 is 0 Å². The topological polar surface area (TPSA) is 86.8 Å². The Labute approximate surface area is 195 Å². The fourth-order valence-electron chi connectivity index (χ4n) is 5.47. The molecule has 0 N–H and O–H groups in total. The lowest BCUT2D eigenvalue weighted by Crippen LogP contribution is -2.62. The summed E-state index contributed by atoms with van der Waals surface area (Å²) < 4.78 is 15.3. The first-order valence-corrected chi connectivity index (χ1v) is 11.4. The van der Waals surface area contributed by atoms with E-state index in [-0.39, 0.29) is 11.5 Å². The highest BCUT2D eigenvalue weighted by atomic mass is 35.5. The van der Waals surface area contributed by atoms with E-state index in [1.165, 1.54) is 12.4 Å². The maximum Gasteiger partial charge on any atom is 0.225 e. The van der Waals surface area contributed by atoms with Crippen LogP contribution in [0.15, 0.2) is 30.6 Å². The number of benzene rings is 1. The van der Waals surface area contributed by atoms with Crippen molar-refractivity contribution in [1.29, 1.82) is 5.26 Å². The van der Waals surface area contributed by atoms with Gasteiger partial charge in [-0.25, -0.2) is 14.4 Å². The summed E-state index contributed by atoms with van der Waals surface area (Å²) >= 11 is 6.31. The van der Waals surface area contributed by atoms with Gasteiger partial charge in [-0.15, -0.1) is 10.2 Å². The summed E-state index contributed by atoms with van der Waals surface area (Å²) in [6, 6.07) is 7.99. The molecule has 2 aromatic heterocycles. The van der Waals surface area contributed by atoms with Crippen molar-refractivity contribution in [1.82, 2.24) is 29.6 Å². The fourth-order valence-corrected chi connectivity index (χ4v) is 5.67. The Morgan fingerprint density at radius 3 is 2.67 bits per heavy atom. The molecule has 4 heterocycles. The molecule has 0 radical (unpaired) electrons. The molecule has 0 amide bonds. The third-order valence-electron chi connectivity index (χ3n) is 7.16. The van der Waals surface area contributed by atoms with Gasteiger partial charge in [0.15, 0.2) is 11.6 Å². The zero-order valence-corrected chi connectivity index (χ0v) is 18.9. The number of aromatic nitrogens is 5. The Morgan fingerprint density at radius 2 is 1.94 bits per heavy atom. The zero-order chi connectivity index (χ0) is 22.7. The van der Waals surface area contributed by atoms with Gasteiger partial charge in [0, 0.05) is 36.0 Å². The highest BCUT2D eigenvalue weighted by molar-refractivity contribution is 6.30. The van der Waals surface area contributed by atoms with E-state index in [9.17, 15) is 9.65 Å². The number of rotatable bonds is 3. The van der Waals surface area contributed by atoms with E-state index in [0.717, 1.165) is 48.8 Å². The molecule has 1 atom stereocenters. The third-order valence-corrected chi connectivity index (χ3v) is 7.39. The normalized spacial score (nSPS) is 20.2. The highest BCUT2D eigenvalue weighted by Crippen LogP contribution is 2.56. The van der Waals surface area contributed by atoms with Crippen LogP contribution in [-0.2, 0) is 13.1 Å². The second-order valence-electron chi connectivity index (χ2n) is 9.46. The Bertz CT molecular complexity index is 1250. The number of nitriles is 1. The van der Waals surface area contributed by atoms with Crippen molar-refractivity contribution in [3.8, 4) is 11.8 Å². The summed E-state index contributed by atoms with van der Waals surface area (Å²) in [6.07, 6.45) is 4.46. The standard InChI is InChI=1S/C23H22ClFN8/c1-14(7-26)31-10-15-4-17(24)2-3-19(15)33-20(11-31)29-30-21(33)16-5-23(6-16)12-32(13-23)22-27-8-18(25)9-28-22/h2-4,8-9,14,16H,5-6,10-13H2,1H3. The third kappa shape index (κ3) is 3.36. The average Bonchev–Trinajstić information content (AvgIpc) is 3.07. The monoisotopic (exact) mass is 464 g/mol. The van der Waals surface area contributed by atoms with E-state index < -0.39 is 5.82 Å². The second-order valence-corrected chi connectivity index (χ2v) is 9.89. The van der Waals surface area contributed by atoms with Crippen LogP contribution in [0.2, 0.25) is 5.02 Å². The molecule has 3 aromatic rings. The minimum absolute atomic E-state index is 0.226. The van der Waals surface area contributed by atoms with Crippen LogP contribution in [0.1, 0.15) is 42.9 Å². The fraction of sp³-hybridized carbons (Fsp3) is 0.435. The largest absolute Gasteiger partial charge is 0.340 e. The summed E-state index contributed by atoms with van der Waals surface area (Å²) in [5.41, 5.74) is 2.34. The first-order chi connectivity index (χ1) is 15.9. The number of fused-ring (bicyclic) bond motifs is 3. The molecule has 1 saturated carbocycles. The van der Waals surface area contributed by atoms with Gasteiger partial charge < -0.3 is 4.90 Å². The van der Waals surface area contributed by atoms with Crippen LogP contribution in [0.4, 0.5) is 10.3 Å². The maximum atomic E-state index is 13.1. The SMILES string of the molecule is CC(C#N)N1Cc2cc(Cl)ccc2-n2c(nnc2C2CC3(C2)CN(c2ncc(F)cn2)C3)C1. The van der Waals surface area contributed by atoms with Gasteiger partial charge in [-0.2, -0.15) is 5.26 Å². The van der Waals surface area contributed by atoms with Crippen molar-refractivity contribution in [3.05, 3.63) is 58.6 Å². The molecular weight excluding hydrogens is 443 g/mol. The molecule has 1 spiro atoms. The maximum absolute atomic E-state index is 13.1. The summed E-state index contributed by atoms with van der Waals surface area (Å²) in [6.45, 7) is 4.84. The molecule has 2 fully saturated rings. The van der Waals surface area contributed by atoms with Crippen molar-refractivity contribution >= 4 is 17.5 Å². The summed E-state index contributed by atoms with van der Waals surface area (Å²) in [5.74, 6) is 2.30. The van der Waals surface area contributed by atoms with E-state index in [4.69, 9.17) is 11.6 Å².